The van der Waals surface area contributed by atoms with Crippen LogP contribution in [-0.2, 0) is 14.3 Å². The number of amides is 1. The lowest BCUT2D eigenvalue weighted by molar-refractivity contribution is -0.155. The van der Waals surface area contributed by atoms with Gasteiger partial charge in [0, 0.05) is 6.54 Å². The molecule has 2 fully saturated rings. The summed E-state index contributed by atoms with van der Waals surface area (Å²) in [6, 6.07) is 0.0362. The Morgan fingerprint density at radius 1 is 1.16 bits per heavy atom. The minimum atomic E-state index is -0.836. The predicted molar refractivity (Wildman–Crippen MR) is 69.6 cm³/mol. The first-order valence-electron chi connectivity index (χ1n) is 7.05. The maximum Gasteiger partial charge on any atom is 0.307 e. The molecule has 1 heterocycles. The molecule has 1 N–H and O–H groups in total. The van der Waals surface area contributed by atoms with E-state index in [2.05, 4.69) is 0 Å². The van der Waals surface area contributed by atoms with Crippen molar-refractivity contribution in [3.05, 3.63) is 0 Å². The molecular weight excluding hydrogens is 246 g/mol. The van der Waals surface area contributed by atoms with Crippen LogP contribution in [0.25, 0.3) is 0 Å². The van der Waals surface area contributed by atoms with Crippen LogP contribution in [0.15, 0.2) is 0 Å². The summed E-state index contributed by atoms with van der Waals surface area (Å²) in [6.07, 6.45) is 1.33. The van der Waals surface area contributed by atoms with Gasteiger partial charge in [0.25, 0.3) is 0 Å². The lowest BCUT2D eigenvalue weighted by Gasteiger charge is -2.38. The fraction of sp³-hybridized carbons (Fsp3) is 0.857. The molecule has 1 aliphatic heterocycles. The number of carbonyl (C=O) groups is 2. The van der Waals surface area contributed by atoms with Crippen molar-refractivity contribution in [2.24, 2.45) is 17.8 Å². The van der Waals surface area contributed by atoms with Crippen LogP contribution in [0.1, 0.15) is 33.6 Å². The maximum atomic E-state index is 12.6. The standard InChI is InChI=1S/C14H23NO4/c1-8-4-11(12(5-8)14(17)18)13(16)15-6-10(3)19-7-9(15)2/h8-12H,4-7H2,1-3H3,(H,17,18)/t8?,9?,10?,11-,12+/m0/s1. The van der Waals surface area contributed by atoms with Crippen molar-refractivity contribution in [2.75, 3.05) is 13.2 Å². The Morgan fingerprint density at radius 3 is 2.42 bits per heavy atom. The summed E-state index contributed by atoms with van der Waals surface area (Å²) in [5.74, 6) is -1.41. The number of hydrogen-bond acceptors (Lipinski definition) is 3. The van der Waals surface area contributed by atoms with Crippen LogP contribution in [0.4, 0.5) is 0 Å². The molecule has 5 heteroatoms. The topological polar surface area (TPSA) is 66.8 Å². The number of rotatable bonds is 2. The van der Waals surface area contributed by atoms with E-state index in [4.69, 9.17) is 4.74 Å². The average molecular weight is 269 g/mol. The molecule has 0 spiro atoms. The fourth-order valence-corrected chi connectivity index (χ4v) is 3.26. The monoisotopic (exact) mass is 269 g/mol. The zero-order valence-corrected chi connectivity index (χ0v) is 11.8. The van der Waals surface area contributed by atoms with Crippen molar-refractivity contribution >= 4 is 11.9 Å². The van der Waals surface area contributed by atoms with Crippen LogP contribution in [-0.4, -0.2) is 47.2 Å². The average Bonchev–Trinajstić information content (AvgIpc) is 2.74. The fourth-order valence-electron chi connectivity index (χ4n) is 3.26. The van der Waals surface area contributed by atoms with Crippen LogP contribution >= 0.6 is 0 Å². The molecule has 0 aromatic heterocycles. The van der Waals surface area contributed by atoms with Gasteiger partial charge in [-0.1, -0.05) is 6.92 Å². The quantitative estimate of drug-likeness (QED) is 0.822. The Bertz CT molecular complexity index is 370. The summed E-state index contributed by atoms with van der Waals surface area (Å²) in [4.78, 5) is 25.7. The molecule has 2 rings (SSSR count). The molecule has 19 heavy (non-hydrogen) atoms. The van der Waals surface area contributed by atoms with Crippen molar-refractivity contribution in [3.63, 3.8) is 0 Å². The summed E-state index contributed by atoms with van der Waals surface area (Å²) in [5, 5.41) is 9.27. The molecule has 108 valence electrons. The highest BCUT2D eigenvalue weighted by Gasteiger charge is 2.44. The van der Waals surface area contributed by atoms with Gasteiger partial charge in [0.2, 0.25) is 5.91 Å². The second-order valence-electron chi connectivity index (χ2n) is 6.11. The van der Waals surface area contributed by atoms with E-state index in [0.717, 1.165) is 0 Å². The minimum Gasteiger partial charge on any atom is -0.481 e. The van der Waals surface area contributed by atoms with Crippen LogP contribution in [0.2, 0.25) is 0 Å². The van der Waals surface area contributed by atoms with Crippen molar-refractivity contribution in [1.82, 2.24) is 4.90 Å². The van der Waals surface area contributed by atoms with Gasteiger partial charge in [-0.25, -0.2) is 0 Å². The highest BCUT2D eigenvalue weighted by molar-refractivity contribution is 5.85. The summed E-state index contributed by atoms with van der Waals surface area (Å²) >= 11 is 0. The number of carbonyl (C=O) groups excluding carboxylic acids is 1. The van der Waals surface area contributed by atoms with Gasteiger partial charge in [-0.2, -0.15) is 0 Å². The van der Waals surface area contributed by atoms with Crippen LogP contribution < -0.4 is 0 Å². The molecule has 0 bridgehead atoms. The van der Waals surface area contributed by atoms with E-state index in [9.17, 15) is 14.7 Å². The van der Waals surface area contributed by atoms with Crippen molar-refractivity contribution < 1.29 is 19.4 Å². The van der Waals surface area contributed by atoms with E-state index < -0.39 is 11.9 Å². The van der Waals surface area contributed by atoms with Crippen LogP contribution in [0, 0.1) is 17.8 Å². The van der Waals surface area contributed by atoms with E-state index in [0.29, 0.717) is 31.9 Å². The normalized spacial score (nSPS) is 39.3. The van der Waals surface area contributed by atoms with E-state index in [1.54, 1.807) is 0 Å². The summed E-state index contributed by atoms with van der Waals surface area (Å²) in [5.41, 5.74) is 0. The highest BCUT2D eigenvalue weighted by Crippen LogP contribution is 2.38. The molecule has 1 saturated heterocycles. The smallest absolute Gasteiger partial charge is 0.307 e. The largest absolute Gasteiger partial charge is 0.481 e. The predicted octanol–water partition coefficient (Wildman–Crippen LogP) is 1.37. The van der Waals surface area contributed by atoms with Gasteiger partial charge < -0.3 is 14.7 Å². The molecule has 0 aromatic rings. The van der Waals surface area contributed by atoms with Crippen molar-refractivity contribution in [3.8, 4) is 0 Å². The van der Waals surface area contributed by atoms with Gasteiger partial charge >= 0.3 is 5.97 Å². The lowest BCUT2D eigenvalue weighted by Crippen LogP contribution is -2.52. The van der Waals surface area contributed by atoms with Gasteiger partial charge in [-0.3, -0.25) is 9.59 Å². The molecule has 1 aliphatic carbocycles. The first kappa shape index (κ1) is 14.3. The second-order valence-corrected chi connectivity index (χ2v) is 6.11. The number of nitrogens with zero attached hydrogens (tertiary/aromatic N) is 1. The number of ether oxygens (including phenoxy) is 1. The molecule has 1 saturated carbocycles. The minimum absolute atomic E-state index is 0.000556. The molecule has 0 radical (unpaired) electrons. The Morgan fingerprint density at radius 2 is 1.79 bits per heavy atom. The molecule has 2 aliphatic rings. The van der Waals surface area contributed by atoms with Gasteiger partial charge in [-0.15, -0.1) is 0 Å². The Kier molecular flexibility index (Phi) is 4.13. The SMILES string of the molecule is CC1C[C@H](C(=O)N2CC(C)OCC2C)[C@H](C(=O)O)C1. The third-order valence-corrected chi connectivity index (χ3v) is 4.32. The number of hydrogen-bond donors (Lipinski definition) is 1. The first-order valence-corrected chi connectivity index (χ1v) is 7.05. The highest BCUT2D eigenvalue weighted by atomic mass is 16.5. The molecule has 5 atom stereocenters. The van der Waals surface area contributed by atoms with Crippen LogP contribution in [0.3, 0.4) is 0 Å². The van der Waals surface area contributed by atoms with Gasteiger partial charge in [0.05, 0.1) is 30.6 Å². The molecule has 0 aromatic carbocycles. The zero-order chi connectivity index (χ0) is 14.2. The van der Waals surface area contributed by atoms with E-state index >= 15 is 0 Å². The number of carboxylic acids is 1. The Balaban J connectivity index is 2.11. The number of carboxylic acid groups (broad SMARTS) is 1. The second kappa shape index (κ2) is 5.49. The van der Waals surface area contributed by atoms with E-state index in [1.165, 1.54) is 0 Å². The summed E-state index contributed by atoms with van der Waals surface area (Å²) in [7, 11) is 0. The zero-order valence-electron chi connectivity index (χ0n) is 11.8. The van der Waals surface area contributed by atoms with Crippen molar-refractivity contribution in [2.45, 2.75) is 45.8 Å². The third kappa shape index (κ3) is 2.91. The molecule has 1 amide bonds. The van der Waals surface area contributed by atoms with E-state index in [-0.39, 0.29) is 24.0 Å². The van der Waals surface area contributed by atoms with Gasteiger partial charge in [0.1, 0.15) is 0 Å². The van der Waals surface area contributed by atoms with Gasteiger partial charge in [-0.05, 0) is 32.6 Å². The maximum absolute atomic E-state index is 12.6. The summed E-state index contributed by atoms with van der Waals surface area (Å²) in [6.45, 7) is 7.02. The number of morpholine rings is 1. The molecule has 5 nitrogen and oxygen atoms in total. The molecule has 3 unspecified atom stereocenters. The number of aliphatic carboxylic acids is 1. The van der Waals surface area contributed by atoms with E-state index in [1.807, 2.05) is 25.7 Å². The summed E-state index contributed by atoms with van der Waals surface area (Å²) < 4.78 is 5.52. The van der Waals surface area contributed by atoms with Gasteiger partial charge in [0.15, 0.2) is 0 Å². The third-order valence-electron chi connectivity index (χ3n) is 4.32. The first-order chi connectivity index (χ1) is 8.90. The van der Waals surface area contributed by atoms with Crippen LogP contribution in [0.5, 0.6) is 0 Å². The Hall–Kier alpha value is -1.10. The lowest BCUT2D eigenvalue weighted by atomic mass is 9.94. The Labute approximate surface area is 113 Å². The van der Waals surface area contributed by atoms with Crippen molar-refractivity contribution in [1.29, 1.82) is 0 Å². The molecular formula is C14H23NO4.